The Morgan fingerprint density at radius 3 is 2.88 bits per heavy atom. The number of rotatable bonds is 5. The fourth-order valence-corrected chi connectivity index (χ4v) is 3.22. The van der Waals surface area contributed by atoms with E-state index in [1.165, 1.54) is 0 Å². The number of carbonyl (C=O) groups excluding carboxylic acids is 1. The first-order valence-corrected chi connectivity index (χ1v) is 8.54. The van der Waals surface area contributed by atoms with Gasteiger partial charge in [0.2, 0.25) is 0 Å². The highest BCUT2D eigenvalue weighted by atomic mass is 16.1. The molecule has 1 atom stereocenters. The second kappa shape index (κ2) is 7.78. The topological polar surface area (TPSA) is 77.3 Å². The van der Waals surface area contributed by atoms with E-state index in [9.17, 15) is 10.1 Å². The summed E-state index contributed by atoms with van der Waals surface area (Å²) in [6, 6.07) is 11.9. The van der Waals surface area contributed by atoms with E-state index in [1.807, 2.05) is 30.3 Å². The van der Waals surface area contributed by atoms with Crippen molar-refractivity contribution in [2.45, 2.75) is 38.1 Å². The molecule has 0 unspecified atom stereocenters. The molecule has 24 heavy (non-hydrogen) atoms. The Hall–Kier alpha value is -2.61. The third-order valence-corrected chi connectivity index (χ3v) is 4.51. The molecule has 2 aliphatic heterocycles. The van der Waals surface area contributed by atoms with E-state index in [0.29, 0.717) is 18.2 Å². The van der Waals surface area contributed by atoms with Crippen LogP contribution in [0.2, 0.25) is 0 Å². The van der Waals surface area contributed by atoms with Crippen molar-refractivity contribution in [1.82, 2.24) is 10.6 Å². The lowest BCUT2D eigenvalue weighted by Gasteiger charge is -2.13. The second-order valence-corrected chi connectivity index (χ2v) is 6.19. The third-order valence-electron chi connectivity index (χ3n) is 4.51. The minimum absolute atomic E-state index is 0.0395. The lowest BCUT2D eigenvalue weighted by atomic mass is 10.1. The molecule has 0 saturated carbocycles. The Kier molecular flexibility index (Phi) is 5.27. The van der Waals surface area contributed by atoms with Crippen molar-refractivity contribution in [3.05, 3.63) is 47.2 Å². The predicted molar refractivity (Wildman–Crippen MR) is 93.7 cm³/mol. The van der Waals surface area contributed by atoms with Crippen LogP contribution in [0.5, 0.6) is 0 Å². The molecule has 5 heteroatoms. The average molecular weight is 322 g/mol. The van der Waals surface area contributed by atoms with Crippen LogP contribution in [0.1, 0.15) is 42.5 Å². The van der Waals surface area contributed by atoms with Crippen molar-refractivity contribution in [2.24, 2.45) is 4.99 Å². The lowest BCUT2D eigenvalue weighted by Crippen LogP contribution is -2.30. The van der Waals surface area contributed by atoms with Crippen LogP contribution >= 0.6 is 0 Å². The van der Waals surface area contributed by atoms with Crippen molar-refractivity contribution in [2.75, 3.05) is 13.1 Å². The van der Waals surface area contributed by atoms with Crippen LogP contribution < -0.4 is 10.6 Å². The van der Waals surface area contributed by atoms with Crippen LogP contribution in [0.3, 0.4) is 0 Å². The minimum atomic E-state index is -0.0395. The Bertz CT molecular complexity index is 700. The molecule has 0 radical (unpaired) electrons. The van der Waals surface area contributed by atoms with E-state index >= 15 is 0 Å². The largest absolute Gasteiger partial charge is 0.384 e. The summed E-state index contributed by atoms with van der Waals surface area (Å²) in [4.78, 5) is 16.4. The van der Waals surface area contributed by atoms with Crippen LogP contribution in [-0.4, -0.2) is 30.8 Å². The quantitative estimate of drug-likeness (QED) is 0.818. The van der Waals surface area contributed by atoms with E-state index < -0.39 is 0 Å². The average Bonchev–Trinajstić information content (AvgIpc) is 3.29. The van der Waals surface area contributed by atoms with Gasteiger partial charge in [-0.05, 0) is 44.2 Å². The molecule has 2 N–H and O–H groups in total. The standard InChI is InChI=1S/C19H22N4O/c20-13-16(17-7-4-11-21-17)18-9-8-15(23-18)10-12-22-19(24)14-5-2-1-3-6-14/h1-3,5-6,15,23H,4,7-12H2,(H,22,24)/b18-16-/t15-/m0/s1. The highest BCUT2D eigenvalue weighted by molar-refractivity contribution is 6.05. The van der Waals surface area contributed by atoms with Gasteiger partial charge < -0.3 is 10.6 Å². The molecule has 0 spiro atoms. The molecule has 0 aliphatic carbocycles. The van der Waals surface area contributed by atoms with Crippen LogP contribution in [0, 0.1) is 11.3 Å². The predicted octanol–water partition coefficient (Wildman–Crippen LogP) is 2.57. The number of amides is 1. The molecule has 0 aromatic heterocycles. The number of carbonyl (C=O) groups is 1. The van der Waals surface area contributed by atoms with Crippen molar-refractivity contribution in [1.29, 1.82) is 5.26 Å². The van der Waals surface area contributed by atoms with Gasteiger partial charge in [0.25, 0.3) is 5.91 Å². The number of nitriles is 1. The molecular weight excluding hydrogens is 300 g/mol. The molecule has 1 fully saturated rings. The van der Waals surface area contributed by atoms with Gasteiger partial charge >= 0.3 is 0 Å². The number of nitrogens with zero attached hydrogens (tertiary/aromatic N) is 2. The van der Waals surface area contributed by atoms with Gasteiger partial charge in [0.15, 0.2) is 0 Å². The van der Waals surface area contributed by atoms with Gasteiger partial charge in [-0.3, -0.25) is 9.79 Å². The highest BCUT2D eigenvalue weighted by Crippen LogP contribution is 2.23. The second-order valence-electron chi connectivity index (χ2n) is 6.19. The molecular formula is C19H22N4O. The molecule has 0 bridgehead atoms. The maximum absolute atomic E-state index is 12.0. The summed E-state index contributed by atoms with van der Waals surface area (Å²) in [6.07, 6.45) is 4.69. The minimum Gasteiger partial charge on any atom is -0.384 e. The molecule has 1 amide bonds. The number of hydrogen-bond donors (Lipinski definition) is 2. The smallest absolute Gasteiger partial charge is 0.251 e. The summed E-state index contributed by atoms with van der Waals surface area (Å²) in [7, 11) is 0. The van der Waals surface area contributed by atoms with E-state index in [4.69, 9.17) is 0 Å². The Labute approximate surface area is 142 Å². The number of nitrogens with one attached hydrogen (secondary N) is 2. The maximum Gasteiger partial charge on any atom is 0.251 e. The van der Waals surface area contributed by atoms with Crippen molar-refractivity contribution in [3.8, 4) is 6.07 Å². The molecule has 3 rings (SSSR count). The Morgan fingerprint density at radius 2 is 2.17 bits per heavy atom. The van der Waals surface area contributed by atoms with Crippen LogP contribution in [0.4, 0.5) is 0 Å². The first-order chi connectivity index (χ1) is 11.8. The zero-order chi connectivity index (χ0) is 16.8. The molecule has 2 aliphatic rings. The normalized spacial score (nSPS) is 21.6. The first-order valence-electron chi connectivity index (χ1n) is 8.54. The molecule has 1 aromatic rings. The maximum atomic E-state index is 12.0. The summed E-state index contributed by atoms with van der Waals surface area (Å²) in [5.74, 6) is -0.0395. The zero-order valence-corrected chi connectivity index (χ0v) is 13.7. The fourth-order valence-electron chi connectivity index (χ4n) is 3.22. The van der Waals surface area contributed by atoms with Gasteiger partial charge in [0, 0.05) is 30.4 Å². The Morgan fingerprint density at radius 1 is 1.33 bits per heavy atom. The van der Waals surface area contributed by atoms with E-state index in [2.05, 4.69) is 21.7 Å². The van der Waals surface area contributed by atoms with Crippen LogP contribution in [0.25, 0.3) is 0 Å². The van der Waals surface area contributed by atoms with E-state index in [1.54, 1.807) is 0 Å². The van der Waals surface area contributed by atoms with Crippen molar-refractivity contribution < 1.29 is 4.79 Å². The van der Waals surface area contributed by atoms with E-state index in [-0.39, 0.29) is 5.91 Å². The van der Waals surface area contributed by atoms with Crippen LogP contribution in [-0.2, 0) is 0 Å². The monoisotopic (exact) mass is 322 g/mol. The number of aliphatic imine (C=N–C) groups is 1. The third kappa shape index (κ3) is 3.83. The highest BCUT2D eigenvalue weighted by Gasteiger charge is 2.24. The lowest BCUT2D eigenvalue weighted by molar-refractivity contribution is 0.0952. The number of hydrogen-bond acceptors (Lipinski definition) is 4. The molecule has 5 nitrogen and oxygen atoms in total. The fraction of sp³-hybridized carbons (Fsp3) is 0.421. The van der Waals surface area contributed by atoms with Crippen molar-refractivity contribution >= 4 is 11.6 Å². The number of benzene rings is 1. The van der Waals surface area contributed by atoms with Gasteiger partial charge in [-0.1, -0.05) is 18.2 Å². The molecule has 1 aromatic carbocycles. The van der Waals surface area contributed by atoms with Gasteiger partial charge in [0.05, 0.1) is 11.3 Å². The molecule has 2 heterocycles. The first kappa shape index (κ1) is 16.3. The summed E-state index contributed by atoms with van der Waals surface area (Å²) < 4.78 is 0. The van der Waals surface area contributed by atoms with Gasteiger partial charge in [-0.2, -0.15) is 5.26 Å². The van der Waals surface area contributed by atoms with Crippen LogP contribution in [0.15, 0.2) is 46.6 Å². The van der Waals surface area contributed by atoms with Crippen molar-refractivity contribution in [3.63, 3.8) is 0 Å². The van der Waals surface area contributed by atoms with Gasteiger partial charge in [-0.25, -0.2) is 0 Å². The van der Waals surface area contributed by atoms with Gasteiger partial charge in [-0.15, -0.1) is 0 Å². The molecule has 124 valence electrons. The summed E-state index contributed by atoms with van der Waals surface area (Å²) in [5.41, 5.74) is 3.40. The Balaban J connectivity index is 1.50. The van der Waals surface area contributed by atoms with Gasteiger partial charge in [0.1, 0.15) is 6.07 Å². The summed E-state index contributed by atoms with van der Waals surface area (Å²) in [6.45, 7) is 1.46. The number of allylic oxidation sites excluding steroid dienone is 2. The molecule has 1 saturated heterocycles. The summed E-state index contributed by atoms with van der Waals surface area (Å²) in [5, 5.41) is 15.8. The SMILES string of the molecule is N#C/C(C1=NCCC1)=C1\CC[C@@H](CCNC(=O)c2ccccc2)N1. The summed E-state index contributed by atoms with van der Waals surface area (Å²) >= 11 is 0. The zero-order valence-electron chi connectivity index (χ0n) is 13.7. The van der Waals surface area contributed by atoms with E-state index in [0.717, 1.165) is 55.6 Å².